The highest BCUT2D eigenvalue weighted by Gasteiger charge is 2.07. The third-order valence-corrected chi connectivity index (χ3v) is 1.76. The highest BCUT2D eigenvalue weighted by atomic mass is 79.9. The van der Waals surface area contributed by atoms with Gasteiger partial charge in [0.15, 0.2) is 4.98 Å². The molecule has 11 heavy (non-hydrogen) atoms. The number of benzene rings is 1. The summed E-state index contributed by atoms with van der Waals surface area (Å²) in [5.74, 6) is 0. The summed E-state index contributed by atoms with van der Waals surface area (Å²) in [6, 6.07) is 5.48. The molecular weight excluding hydrogens is 227 g/mol. The summed E-state index contributed by atoms with van der Waals surface area (Å²) in [6.45, 7) is 1.89. The third kappa shape index (κ3) is 2.49. The van der Waals surface area contributed by atoms with E-state index < -0.39 is 0 Å². The average Bonchev–Trinajstić information content (AvgIpc) is 1.88. The molecule has 0 radical (unpaired) electrons. The summed E-state index contributed by atoms with van der Waals surface area (Å²) < 4.78 is 0.998. The van der Waals surface area contributed by atoms with E-state index >= 15 is 0 Å². The van der Waals surface area contributed by atoms with Crippen molar-refractivity contribution in [1.82, 2.24) is 0 Å². The van der Waals surface area contributed by atoms with E-state index in [1.165, 1.54) is 0 Å². The van der Waals surface area contributed by atoms with Crippen molar-refractivity contribution in [1.29, 1.82) is 5.39 Å². The number of diazo groups is 1. The topological polar surface area (TPSA) is 28.1 Å². The number of nitrogens with zero attached hydrogens (tertiary/aromatic N) is 2. The molecule has 0 aliphatic carbocycles. The van der Waals surface area contributed by atoms with Crippen molar-refractivity contribution in [3.8, 4) is 0 Å². The Labute approximate surface area is 79.8 Å². The molecule has 2 nitrogen and oxygen atoms in total. The summed E-state index contributed by atoms with van der Waals surface area (Å²) in [4.78, 5) is 3.09. The fraction of sp³-hybridized carbons (Fsp3) is 0.143. The van der Waals surface area contributed by atoms with Gasteiger partial charge in [-0.3, -0.25) is 0 Å². The lowest BCUT2D eigenvalue weighted by molar-refractivity contribution is -0.00000221. The molecule has 1 rings (SSSR count). The minimum atomic E-state index is 0. The van der Waals surface area contributed by atoms with Crippen LogP contribution in [0.15, 0.2) is 22.7 Å². The van der Waals surface area contributed by atoms with Crippen LogP contribution in [0.4, 0.5) is 5.69 Å². The van der Waals surface area contributed by atoms with Gasteiger partial charge in [-0.25, -0.2) is 0 Å². The van der Waals surface area contributed by atoms with Crippen molar-refractivity contribution >= 4 is 21.6 Å². The van der Waals surface area contributed by atoms with Crippen LogP contribution < -0.4 is 12.4 Å². The van der Waals surface area contributed by atoms with Gasteiger partial charge in [-0.1, -0.05) is 15.9 Å². The van der Waals surface area contributed by atoms with Crippen LogP contribution in [0.2, 0.25) is 0 Å². The first kappa shape index (κ1) is 10.4. The lowest BCUT2D eigenvalue weighted by atomic mass is 10.2. The van der Waals surface area contributed by atoms with Crippen LogP contribution in [0.3, 0.4) is 0 Å². The Hall–Kier alpha value is -0.590. The molecule has 4 heteroatoms. The molecule has 0 aromatic heterocycles. The molecule has 0 bridgehead atoms. The molecule has 0 fully saturated rings. The Morgan fingerprint density at radius 3 is 2.55 bits per heavy atom. The maximum Gasteiger partial charge on any atom is 0.387 e. The second kappa shape index (κ2) is 4.32. The zero-order chi connectivity index (χ0) is 7.56. The minimum Gasteiger partial charge on any atom is -1.00 e. The molecule has 0 saturated carbocycles. The van der Waals surface area contributed by atoms with Gasteiger partial charge in [-0.2, -0.15) is 0 Å². The second-order valence-electron chi connectivity index (χ2n) is 2.03. The smallest absolute Gasteiger partial charge is 0.387 e. The molecule has 58 valence electrons. The molecule has 1 aromatic carbocycles. The van der Waals surface area contributed by atoms with Gasteiger partial charge >= 0.3 is 5.69 Å². The van der Waals surface area contributed by atoms with E-state index in [2.05, 4.69) is 20.9 Å². The van der Waals surface area contributed by atoms with Crippen LogP contribution in [-0.2, 0) is 0 Å². The number of rotatable bonds is 0. The van der Waals surface area contributed by atoms with Crippen LogP contribution in [0, 0.1) is 12.3 Å². The van der Waals surface area contributed by atoms with Gasteiger partial charge in [0.1, 0.15) is 0 Å². The van der Waals surface area contributed by atoms with Crippen LogP contribution in [-0.4, -0.2) is 0 Å². The quantitative estimate of drug-likeness (QED) is 0.590. The number of hydrogen-bond acceptors (Lipinski definition) is 1. The Balaban J connectivity index is 0.000001000. The van der Waals surface area contributed by atoms with E-state index in [4.69, 9.17) is 5.39 Å². The van der Waals surface area contributed by atoms with Gasteiger partial charge in [-0.05, 0) is 19.1 Å². The van der Waals surface area contributed by atoms with E-state index in [0.717, 1.165) is 10.0 Å². The van der Waals surface area contributed by atoms with Crippen LogP contribution in [0.25, 0.3) is 4.98 Å². The molecule has 0 unspecified atom stereocenters. The summed E-state index contributed by atoms with van der Waals surface area (Å²) >= 11 is 3.30. The van der Waals surface area contributed by atoms with E-state index in [1.54, 1.807) is 6.07 Å². The van der Waals surface area contributed by atoms with Gasteiger partial charge in [0.25, 0.3) is 0 Å². The molecule has 0 N–H and O–H groups in total. The molecule has 1 aromatic rings. The minimum absolute atomic E-state index is 0. The van der Waals surface area contributed by atoms with Gasteiger partial charge in [0.2, 0.25) is 5.39 Å². The molecular formula is C7H6BrClN2. The van der Waals surface area contributed by atoms with Gasteiger partial charge in [-0.15, -0.1) is 0 Å². The Bertz CT molecular complexity index is 293. The molecule has 0 spiro atoms. The lowest BCUT2D eigenvalue weighted by Gasteiger charge is -1.87. The largest absolute Gasteiger partial charge is 1.00 e. The van der Waals surface area contributed by atoms with E-state index in [9.17, 15) is 0 Å². The van der Waals surface area contributed by atoms with Crippen LogP contribution in [0.1, 0.15) is 5.56 Å². The van der Waals surface area contributed by atoms with Gasteiger partial charge < -0.3 is 12.4 Å². The molecule has 0 amide bonds. The summed E-state index contributed by atoms with van der Waals surface area (Å²) in [6.07, 6.45) is 0. The first-order chi connectivity index (χ1) is 4.74. The summed E-state index contributed by atoms with van der Waals surface area (Å²) in [7, 11) is 0. The Morgan fingerprint density at radius 1 is 1.45 bits per heavy atom. The Kier molecular flexibility index (Phi) is 4.09. The predicted octanol–water partition coefficient (Wildman–Crippen LogP) is 0.246. The highest BCUT2D eigenvalue weighted by molar-refractivity contribution is 9.10. The first-order valence-corrected chi connectivity index (χ1v) is 3.64. The Morgan fingerprint density at radius 2 is 2.09 bits per heavy atom. The number of aryl methyl sites for hydroxylation is 1. The fourth-order valence-electron chi connectivity index (χ4n) is 0.731. The zero-order valence-corrected chi connectivity index (χ0v) is 8.22. The van der Waals surface area contributed by atoms with E-state index in [1.807, 2.05) is 19.1 Å². The van der Waals surface area contributed by atoms with Crippen molar-refractivity contribution < 1.29 is 12.4 Å². The van der Waals surface area contributed by atoms with Gasteiger partial charge in [0.05, 0.1) is 0 Å². The highest BCUT2D eigenvalue weighted by Crippen LogP contribution is 2.21. The van der Waals surface area contributed by atoms with Crippen molar-refractivity contribution in [2.24, 2.45) is 0 Å². The summed E-state index contributed by atoms with van der Waals surface area (Å²) in [5, 5.41) is 8.42. The second-order valence-corrected chi connectivity index (χ2v) is 2.95. The standard InChI is InChI=1S/C7H6BrN2.ClH/c1-5-4-6(8)2-3-7(5)10-9;/h2-4H,1H3;1H/q+1;/p-1. The van der Waals surface area contributed by atoms with Crippen molar-refractivity contribution in [3.05, 3.63) is 33.2 Å². The summed E-state index contributed by atoms with van der Waals surface area (Å²) in [5.41, 5.74) is 1.57. The van der Waals surface area contributed by atoms with Crippen molar-refractivity contribution in [2.45, 2.75) is 6.92 Å². The molecule has 0 heterocycles. The normalized spacial score (nSPS) is 8.09. The number of hydrogen-bond donors (Lipinski definition) is 0. The van der Waals surface area contributed by atoms with Crippen molar-refractivity contribution in [3.63, 3.8) is 0 Å². The SMILES string of the molecule is Cc1cc(Br)ccc1[N+]#N.[Cl-]. The van der Waals surface area contributed by atoms with Crippen molar-refractivity contribution in [2.75, 3.05) is 0 Å². The average molecular weight is 233 g/mol. The third-order valence-electron chi connectivity index (χ3n) is 1.27. The van der Waals surface area contributed by atoms with Crippen LogP contribution >= 0.6 is 15.9 Å². The van der Waals surface area contributed by atoms with Crippen LogP contribution in [0.5, 0.6) is 0 Å². The van der Waals surface area contributed by atoms with Gasteiger partial charge in [0, 0.05) is 16.1 Å². The number of halogens is 2. The lowest BCUT2D eigenvalue weighted by Crippen LogP contribution is -3.00. The maximum absolute atomic E-state index is 8.42. The monoisotopic (exact) mass is 232 g/mol. The predicted molar refractivity (Wildman–Crippen MR) is 43.6 cm³/mol. The molecule has 0 aliphatic rings. The molecule has 0 saturated heterocycles. The fourth-order valence-corrected chi connectivity index (χ4v) is 1.21. The zero-order valence-electron chi connectivity index (χ0n) is 5.88. The molecule has 0 aliphatic heterocycles. The van der Waals surface area contributed by atoms with E-state index in [0.29, 0.717) is 5.69 Å². The molecule has 0 atom stereocenters. The maximum atomic E-state index is 8.42. The van der Waals surface area contributed by atoms with E-state index in [-0.39, 0.29) is 12.4 Å². The first-order valence-electron chi connectivity index (χ1n) is 2.85.